The zero-order valence-electron chi connectivity index (χ0n) is 20.6. The van der Waals surface area contributed by atoms with E-state index in [9.17, 15) is 70.7 Å². The summed E-state index contributed by atoms with van der Waals surface area (Å²) in [5.41, 5.74) is -2.12. The molecule has 244 valence electrons. The van der Waals surface area contributed by atoms with Crippen LogP contribution in [-0.4, -0.2) is 6.29 Å². The Morgan fingerprint density at radius 3 is 0.652 bits per heavy atom. The van der Waals surface area contributed by atoms with E-state index >= 15 is 8.78 Å². The van der Waals surface area contributed by atoms with Gasteiger partial charge >= 0.3 is 0 Å². The average Bonchev–Trinajstić information content (AvgIpc) is 3.04. The summed E-state index contributed by atoms with van der Waals surface area (Å²) in [6.45, 7) is 0. The molecule has 4 rings (SSSR count). The maximum absolute atomic E-state index is 15.5. The minimum atomic E-state index is -2.92. The molecule has 0 saturated carbocycles. The Labute approximate surface area is 239 Å². The molecule has 0 aliphatic carbocycles. The molecule has 4 nitrogen and oxygen atoms in total. The van der Waals surface area contributed by atoms with Crippen LogP contribution in [0.15, 0.2) is 0 Å². The topological polar surface area (TPSA) is 44.8 Å². The van der Waals surface area contributed by atoms with Crippen molar-refractivity contribution < 1.29 is 93.6 Å². The van der Waals surface area contributed by atoms with Crippen LogP contribution in [-0.2, 0) is 0 Å². The Balaban J connectivity index is 2.11. The zero-order chi connectivity index (χ0) is 34.7. The maximum atomic E-state index is 15.5. The van der Waals surface area contributed by atoms with E-state index in [0.29, 0.717) is 0 Å². The Hall–Kier alpha value is -5.24. The van der Waals surface area contributed by atoms with Gasteiger partial charge in [0.2, 0.25) is 122 Å². The second-order valence-corrected chi connectivity index (χ2v) is 8.15. The first-order valence-corrected chi connectivity index (χ1v) is 11.0. The van der Waals surface area contributed by atoms with Crippen LogP contribution >= 0.6 is 0 Å². The third kappa shape index (κ3) is 5.04. The monoisotopic (exact) mass is 688 g/mol. The normalized spacial score (nSPS) is 11.2. The van der Waals surface area contributed by atoms with Gasteiger partial charge < -0.3 is 14.2 Å². The van der Waals surface area contributed by atoms with Gasteiger partial charge in [-0.25, -0.2) is 39.5 Å². The van der Waals surface area contributed by atoms with Crippen LogP contribution in [0.5, 0.6) is 34.5 Å². The first-order chi connectivity index (χ1) is 21.4. The molecule has 4 aromatic rings. The fourth-order valence-electron chi connectivity index (χ4n) is 3.37. The molecule has 0 aromatic heterocycles. The highest BCUT2D eigenvalue weighted by atomic mass is 19.2. The number of carbonyl (C=O) groups is 1. The summed E-state index contributed by atoms with van der Waals surface area (Å²) < 4.78 is 251. The van der Waals surface area contributed by atoms with Crippen LogP contribution in [0.3, 0.4) is 0 Å². The average molecular weight is 688 g/mol. The lowest BCUT2D eigenvalue weighted by atomic mass is 10.1. The van der Waals surface area contributed by atoms with Crippen molar-refractivity contribution in [3.8, 4) is 34.5 Å². The molecule has 0 radical (unpaired) electrons. The van der Waals surface area contributed by atoms with Gasteiger partial charge in [0, 0.05) is 0 Å². The molecule has 0 bridgehead atoms. The van der Waals surface area contributed by atoms with Crippen molar-refractivity contribution in [1.82, 2.24) is 0 Å². The Kier molecular flexibility index (Phi) is 8.73. The van der Waals surface area contributed by atoms with E-state index in [2.05, 4.69) is 14.2 Å². The highest BCUT2D eigenvalue weighted by Crippen LogP contribution is 2.48. The number of hydrogen-bond donors (Lipinski definition) is 0. The minimum Gasteiger partial charge on any atom is -0.447 e. The second-order valence-electron chi connectivity index (χ2n) is 8.15. The zero-order valence-corrected chi connectivity index (χ0v) is 20.6. The lowest BCUT2D eigenvalue weighted by Gasteiger charge is -2.19. The lowest BCUT2D eigenvalue weighted by molar-refractivity contribution is 0.111. The molecule has 4 aromatic carbocycles. The van der Waals surface area contributed by atoms with Gasteiger partial charge in [0.05, 0.1) is 0 Å². The van der Waals surface area contributed by atoms with E-state index in [1.54, 1.807) is 0 Å². The lowest BCUT2D eigenvalue weighted by Crippen LogP contribution is -2.11. The predicted octanol–water partition coefficient (Wildman–Crippen LogP) is 9.24. The molecule has 0 atom stereocenters. The number of carbonyl (C=O) groups excluding carboxylic acids is 1. The van der Waals surface area contributed by atoms with Crippen LogP contribution < -0.4 is 14.2 Å². The highest BCUT2D eigenvalue weighted by Gasteiger charge is 2.37. The Morgan fingerprint density at radius 1 is 0.261 bits per heavy atom. The van der Waals surface area contributed by atoms with Crippen LogP contribution in [0.25, 0.3) is 0 Å². The first-order valence-electron chi connectivity index (χ1n) is 11.0. The molecule has 0 amide bonds. The molecule has 0 aliphatic rings. The summed E-state index contributed by atoms with van der Waals surface area (Å²) >= 11 is 0. The van der Waals surface area contributed by atoms with Crippen molar-refractivity contribution in [3.63, 3.8) is 0 Å². The number of halogens is 17. The molecule has 46 heavy (non-hydrogen) atoms. The van der Waals surface area contributed by atoms with Crippen molar-refractivity contribution in [1.29, 1.82) is 0 Å². The molecular formula is C25HF17O4. The van der Waals surface area contributed by atoms with E-state index in [0.717, 1.165) is 0 Å². The highest BCUT2D eigenvalue weighted by molar-refractivity contribution is 5.85. The summed E-state index contributed by atoms with van der Waals surface area (Å²) in [5.74, 6) is -64.3. The minimum absolute atomic E-state index is 0.947. The van der Waals surface area contributed by atoms with E-state index in [4.69, 9.17) is 0 Å². The van der Waals surface area contributed by atoms with Crippen LogP contribution in [0.2, 0.25) is 0 Å². The third-order valence-electron chi connectivity index (χ3n) is 5.53. The van der Waals surface area contributed by atoms with Crippen molar-refractivity contribution in [2.24, 2.45) is 0 Å². The fraction of sp³-hybridized carbons (Fsp3) is 0. The van der Waals surface area contributed by atoms with Crippen molar-refractivity contribution >= 4 is 6.29 Å². The SMILES string of the molecule is O=Cc1c(Oc2c(F)c(F)c(F)c(F)c2F)c(F)c(Oc2c(F)c(F)c(F)c(F)c2F)c(F)c1Oc1c(F)c(F)c(F)c(F)c1F. The van der Waals surface area contributed by atoms with Gasteiger partial charge in [-0.05, 0) is 0 Å². The van der Waals surface area contributed by atoms with E-state index < -0.39 is 145 Å². The first kappa shape index (κ1) is 33.6. The van der Waals surface area contributed by atoms with Crippen molar-refractivity contribution in [2.45, 2.75) is 0 Å². The molecule has 21 heteroatoms. The van der Waals surface area contributed by atoms with Gasteiger partial charge in [-0.1, -0.05) is 0 Å². The van der Waals surface area contributed by atoms with Crippen molar-refractivity contribution in [2.75, 3.05) is 0 Å². The largest absolute Gasteiger partial charge is 0.447 e. The molecule has 0 fully saturated rings. The molecule has 0 heterocycles. The summed E-state index contributed by atoms with van der Waals surface area (Å²) in [6.07, 6.45) is -0.947. The van der Waals surface area contributed by atoms with Gasteiger partial charge in [-0.2, -0.15) is 35.1 Å². The smallest absolute Gasteiger partial charge is 0.212 e. The predicted molar refractivity (Wildman–Crippen MR) is 111 cm³/mol. The van der Waals surface area contributed by atoms with Gasteiger partial charge in [0.25, 0.3) is 0 Å². The summed E-state index contributed by atoms with van der Waals surface area (Å²) in [4.78, 5) is 11.8. The quantitative estimate of drug-likeness (QED) is 0.0841. The third-order valence-corrected chi connectivity index (χ3v) is 5.53. The Bertz CT molecular complexity index is 1790. The van der Waals surface area contributed by atoms with Crippen molar-refractivity contribution in [3.05, 3.63) is 104 Å². The van der Waals surface area contributed by atoms with Gasteiger partial charge in [-0.3, -0.25) is 4.79 Å². The number of hydrogen-bond acceptors (Lipinski definition) is 4. The molecular weight excluding hydrogens is 687 g/mol. The molecule has 0 aliphatic heterocycles. The molecule has 0 saturated heterocycles. The summed E-state index contributed by atoms with van der Waals surface area (Å²) in [5, 5.41) is 0. The molecule has 0 spiro atoms. The maximum Gasteiger partial charge on any atom is 0.212 e. The van der Waals surface area contributed by atoms with Crippen LogP contribution in [0.4, 0.5) is 74.6 Å². The van der Waals surface area contributed by atoms with Crippen LogP contribution in [0, 0.1) is 98.9 Å². The number of benzene rings is 4. The standard InChI is InChI=1S/C25HF17O4/c26-3-6(29)12(35)22(13(36)7(3)30)44-20-2(1-43)21(45-23-14(37)8(31)4(27)9(32)15(23)38)19(42)25(18(20)41)46-24-16(39)10(33)5(28)11(34)17(24)40/h1H. The van der Waals surface area contributed by atoms with Gasteiger partial charge in [0.15, 0.2) is 17.8 Å². The Morgan fingerprint density at radius 2 is 0.435 bits per heavy atom. The van der Waals surface area contributed by atoms with Crippen LogP contribution in [0.1, 0.15) is 10.4 Å². The second kappa shape index (κ2) is 11.9. The van der Waals surface area contributed by atoms with Gasteiger partial charge in [-0.15, -0.1) is 0 Å². The number of rotatable bonds is 7. The summed E-state index contributed by atoms with van der Waals surface area (Å²) in [7, 11) is 0. The molecule has 0 N–H and O–H groups in total. The fourth-order valence-corrected chi connectivity index (χ4v) is 3.37. The number of ether oxygens (including phenoxy) is 3. The van der Waals surface area contributed by atoms with E-state index in [-0.39, 0.29) is 0 Å². The van der Waals surface area contributed by atoms with E-state index in [1.165, 1.54) is 0 Å². The van der Waals surface area contributed by atoms with E-state index in [1.807, 2.05) is 0 Å². The molecule has 0 unspecified atom stereocenters. The van der Waals surface area contributed by atoms with Gasteiger partial charge in [0.1, 0.15) is 5.56 Å². The summed E-state index contributed by atoms with van der Waals surface area (Å²) in [6, 6.07) is 0. The number of aldehydes is 1.